The predicted molar refractivity (Wildman–Crippen MR) is 83.8 cm³/mol. The quantitative estimate of drug-likeness (QED) is 0.640. The molecule has 0 spiro atoms. The van der Waals surface area contributed by atoms with E-state index < -0.39 is 5.97 Å². The van der Waals surface area contributed by atoms with Crippen molar-refractivity contribution in [1.29, 1.82) is 0 Å². The second-order valence-corrected chi connectivity index (χ2v) is 5.64. The number of carbonyl (C=O) groups is 2. The smallest absolute Gasteiger partial charge is 0.340 e. The molecule has 0 radical (unpaired) electrons. The maximum absolute atomic E-state index is 13.0. The van der Waals surface area contributed by atoms with Gasteiger partial charge in [0.25, 0.3) is 0 Å². The number of Topliss-reactive ketones (excluding diaryl/α,β-unsaturated/α-hetero) is 1. The molecule has 0 atom stereocenters. The van der Waals surface area contributed by atoms with Crippen molar-refractivity contribution in [2.75, 3.05) is 19.8 Å². The first-order valence-electron chi connectivity index (χ1n) is 7.90. The normalized spacial score (nSPS) is 15.7. The van der Waals surface area contributed by atoms with E-state index in [1.807, 2.05) is 0 Å². The Kier molecular flexibility index (Phi) is 4.43. The average molecular weight is 316 g/mol. The maximum Gasteiger partial charge on any atom is 0.340 e. The van der Waals surface area contributed by atoms with E-state index in [1.54, 1.807) is 36.7 Å². The van der Waals surface area contributed by atoms with Crippen LogP contribution >= 0.6 is 0 Å². The molecule has 6 heteroatoms. The van der Waals surface area contributed by atoms with Gasteiger partial charge in [-0.05, 0) is 44.4 Å². The summed E-state index contributed by atoms with van der Waals surface area (Å²) in [7, 11) is 0. The number of aromatic nitrogens is 2. The van der Waals surface area contributed by atoms with E-state index in [4.69, 9.17) is 9.47 Å². The van der Waals surface area contributed by atoms with Crippen molar-refractivity contribution in [3.63, 3.8) is 0 Å². The largest absolute Gasteiger partial charge is 0.462 e. The van der Waals surface area contributed by atoms with Crippen LogP contribution < -0.4 is 0 Å². The van der Waals surface area contributed by atoms with Crippen LogP contribution in [0.25, 0.3) is 5.52 Å². The lowest BCUT2D eigenvalue weighted by Crippen LogP contribution is -2.25. The zero-order valence-corrected chi connectivity index (χ0v) is 13.4. The molecule has 0 unspecified atom stereocenters. The van der Waals surface area contributed by atoms with Gasteiger partial charge in [0.2, 0.25) is 0 Å². The number of rotatable bonds is 4. The SMILES string of the molecule is CCOC(=O)c1c(C)c(C(=O)C2CCOCC2)n2ncccc12. The van der Waals surface area contributed by atoms with Crippen LogP contribution in [0.1, 0.15) is 46.2 Å². The van der Waals surface area contributed by atoms with Gasteiger partial charge < -0.3 is 9.47 Å². The van der Waals surface area contributed by atoms with Gasteiger partial charge in [0.05, 0.1) is 17.7 Å². The molecule has 23 heavy (non-hydrogen) atoms. The Labute approximate surface area is 134 Å². The van der Waals surface area contributed by atoms with E-state index >= 15 is 0 Å². The molecule has 0 aliphatic carbocycles. The van der Waals surface area contributed by atoms with Gasteiger partial charge in [0.1, 0.15) is 5.69 Å². The first-order valence-corrected chi connectivity index (χ1v) is 7.90. The lowest BCUT2D eigenvalue weighted by Gasteiger charge is -2.20. The van der Waals surface area contributed by atoms with Crippen molar-refractivity contribution >= 4 is 17.3 Å². The van der Waals surface area contributed by atoms with Crippen molar-refractivity contribution < 1.29 is 19.1 Å². The molecule has 1 saturated heterocycles. The highest BCUT2D eigenvalue weighted by Gasteiger charge is 2.31. The van der Waals surface area contributed by atoms with Crippen LogP contribution in [0.5, 0.6) is 0 Å². The average Bonchev–Trinajstić information content (AvgIpc) is 2.87. The fraction of sp³-hybridized carbons (Fsp3) is 0.471. The van der Waals surface area contributed by atoms with E-state index in [2.05, 4.69) is 5.10 Å². The van der Waals surface area contributed by atoms with Gasteiger partial charge in [-0.2, -0.15) is 5.10 Å². The van der Waals surface area contributed by atoms with Crippen LogP contribution in [0.2, 0.25) is 0 Å². The molecular formula is C17H20N2O4. The van der Waals surface area contributed by atoms with E-state index in [0.717, 1.165) is 0 Å². The number of hydrogen-bond acceptors (Lipinski definition) is 5. The number of nitrogens with zero attached hydrogens (tertiary/aromatic N) is 2. The van der Waals surface area contributed by atoms with Gasteiger partial charge in [-0.25, -0.2) is 9.31 Å². The molecule has 0 saturated carbocycles. The Balaban J connectivity index is 2.11. The summed E-state index contributed by atoms with van der Waals surface area (Å²) in [5.74, 6) is -0.478. The third kappa shape index (κ3) is 2.74. The van der Waals surface area contributed by atoms with Crippen molar-refractivity contribution in [3.05, 3.63) is 35.2 Å². The zero-order valence-electron chi connectivity index (χ0n) is 13.4. The van der Waals surface area contributed by atoms with Crippen molar-refractivity contribution in [3.8, 4) is 0 Å². The van der Waals surface area contributed by atoms with Gasteiger partial charge in [0, 0.05) is 25.3 Å². The van der Waals surface area contributed by atoms with Crippen LogP contribution in [0.15, 0.2) is 18.3 Å². The Morgan fingerprint density at radius 3 is 2.83 bits per heavy atom. The van der Waals surface area contributed by atoms with E-state index in [9.17, 15) is 9.59 Å². The van der Waals surface area contributed by atoms with Crippen LogP contribution in [-0.4, -0.2) is 41.2 Å². The van der Waals surface area contributed by atoms with E-state index in [1.165, 1.54) is 0 Å². The minimum atomic E-state index is -0.415. The van der Waals surface area contributed by atoms with E-state index in [-0.39, 0.29) is 11.7 Å². The first-order chi connectivity index (χ1) is 11.1. The number of hydrogen-bond donors (Lipinski definition) is 0. The third-order valence-electron chi connectivity index (χ3n) is 4.25. The standard InChI is InChI=1S/C17H20N2O4/c1-3-23-17(21)14-11(2)15(19-13(14)5-4-8-18-19)16(20)12-6-9-22-10-7-12/h4-5,8,12H,3,6-7,9-10H2,1-2H3. The summed E-state index contributed by atoms with van der Waals surface area (Å²) >= 11 is 0. The van der Waals surface area contributed by atoms with Crippen molar-refractivity contribution in [2.45, 2.75) is 26.7 Å². The third-order valence-corrected chi connectivity index (χ3v) is 4.25. The molecule has 2 aromatic heterocycles. The number of fused-ring (bicyclic) bond motifs is 1. The molecule has 1 aliphatic rings. The number of ether oxygens (including phenoxy) is 2. The summed E-state index contributed by atoms with van der Waals surface area (Å²) in [4.78, 5) is 25.3. The van der Waals surface area contributed by atoms with Gasteiger partial charge in [-0.1, -0.05) is 0 Å². The van der Waals surface area contributed by atoms with Gasteiger partial charge in [-0.15, -0.1) is 0 Å². The fourth-order valence-electron chi connectivity index (χ4n) is 3.11. The van der Waals surface area contributed by atoms with Gasteiger partial charge >= 0.3 is 5.97 Å². The molecule has 0 aromatic carbocycles. The Morgan fingerprint density at radius 2 is 2.13 bits per heavy atom. The summed E-state index contributed by atoms with van der Waals surface area (Å²) in [6.45, 7) is 5.03. The molecule has 0 N–H and O–H groups in total. The highest BCUT2D eigenvalue weighted by atomic mass is 16.5. The second-order valence-electron chi connectivity index (χ2n) is 5.64. The second kappa shape index (κ2) is 6.50. The molecule has 2 aromatic rings. The van der Waals surface area contributed by atoms with Gasteiger partial charge in [-0.3, -0.25) is 4.79 Å². The topological polar surface area (TPSA) is 69.9 Å². The lowest BCUT2D eigenvalue weighted by atomic mass is 9.92. The molecule has 122 valence electrons. The lowest BCUT2D eigenvalue weighted by molar-refractivity contribution is 0.0528. The molecule has 0 amide bonds. The summed E-state index contributed by atoms with van der Waals surface area (Å²) in [6, 6.07) is 3.53. The molecule has 1 aliphatic heterocycles. The van der Waals surface area contributed by atoms with Crippen molar-refractivity contribution in [1.82, 2.24) is 9.61 Å². The molecule has 1 fully saturated rings. The fourth-order valence-corrected chi connectivity index (χ4v) is 3.11. The monoisotopic (exact) mass is 316 g/mol. The Morgan fingerprint density at radius 1 is 1.39 bits per heavy atom. The Hall–Kier alpha value is -2.21. The maximum atomic E-state index is 13.0. The zero-order chi connectivity index (χ0) is 16.4. The van der Waals surface area contributed by atoms with Crippen LogP contribution in [-0.2, 0) is 9.47 Å². The molecule has 3 rings (SSSR count). The van der Waals surface area contributed by atoms with Gasteiger partial charge in [0.15, 0.2) is 5.78 Å². The number of ketones is 1. The number of esters is 1. The first kappa shape index (κ1) is 15.7. The van der Waals surface area contributed by atoms with Crippen LogP contribution in [0.3, 0.4) is 0 Å². The van der Waals surface area contributed by atoms with E-state index in [0.29, 0.717) is 55.0 Å². The molecular weight excluding hydrogens is 296 g/mol. The molecule has 3 heterocycles. The Bertz CT molecular complexity index is 744. The summed E-state index contributed by atoms with van der Waals surface area (Å²) in [6.07, 6.45) is 3.02. The van der Waals surface area contributed by atoms with Crippen LogP contribution in [0, 0.1) is 12.8 Å². The molecule has 6 nitrogen and oxygen atoms in total. The summed E-state index contributed by atoms with van der Waals surface area (Å²) < 4.78 is 12.0. The van der Waals surface area contributed by atoms with Crippen molar-refractivity contribution in [2.24, 2.45) is 5.92 Å². The highest BCUT2D eigenvalue weighted by molar-refractivity contribution is 6.06. The predicted octanol–water partition coefficient (Wildman–Crippen LogP) is 2.43. The van der Waals surface area contributed by atoms with Crippen LogP contribution in [0.4, 0.5) is 0 Å². The summed E-state index contributed by atoms with van der Waals surface area (Å²) in [5, 5.41) is 4.28. The summed E-state index contributed by atoms with van der Waals surface area (Å²) in [5.41, 5.74) is 2.16. The highest BCUT2D eigenvalue weighted by Crippen LogP contribution is 2.28. The minimum Gasteiger partial charge on any atom is -0.462 e. The minimum absolute atomic E-state index is 0.0232. The molecule has 0 bridgehead atoms. The number of carbonyl (C=O) groups excluding carboxylic acids is 2.